The van der Waals surface area contributed by atoms with E-state index in [0.29, 0.717) is 12.2 Å². The quantitative estimate of drug-likeness (QED) is 0.671. The van der Waals surface area contributed by atoms with Crippen LogP contribution in [0.4, 0.5) is 0 Å². The molecule has 0 spiro atoms. The van der Waals surface area contributed by atoms with Crippen LogP contribution < -0.4 is 10.1 Å². The van der Waals surface area contributed by atoms with Crippen LogP contribution in [0.2, 0.25) is 0 Å². The summed E-state index contributed by atoms with van der Waals surface area (Å²) >= 11 is 3.50. The number of amides is 1. The second kappa shape index (κ2) is 7.19. The van der Waals surface area contributed by atoms with Gasteiger partial charge in [-0.2, -0.15) is 0 Å². The van der Waals surface area contributed by atoms with Crippen LogP contribution in [0.5, 0.6) is 5.75 Å². The standard InChI is InChI=1S/C21H20BrN3O2/c1-13-10-17(14(2)25(13)16-4-3-8-23-12-16)21(26)24-19-7-9-27-20-6-5-15(22)11-18(19)20/h3-6,8,10-12,19H,7,9H2,1-2H3,(H,24,26). The second-order valence-corrected chi connectivity index (χ2v) is 7.59. The Labute approximate surface area is 166 Å². The molecule has 0 radical (unpaired) electrons. The average molecular weight is 426 g/mol. The van der Waals surface area contributed by atoms with Gasteiger partial charge in [0.05, 0.1) is 30.1 Å². The Morgan fingerprint density at radius 2 is 2.15 bits per heavy atom. The molecular weight excluding hydrogens is 406 g/mol. The fraction of sp³-hybridized carbons (Fsp3) is 0.238. The number of nitrogens with zero attached hydrogens (tertiary/aromatic N) is 2. The molecule has 3 heterocycles. The molecule has 5 nitrogen and oxygen atoms in total. The van der Waals surface area contributed by atoms with Crippen LogP contribution in [-0.2, 0) is 0 Å². The van der Waals surface area contributed by atoms with E-state index in [1.807, 2.05) is 50.2 Å². The lowest BCUT2D eigenvalue weighted by Crippen LogP contribution is -2.32. The summed E-state index contributed by atoms with van der Waals surface area (Å²) in [7, 11) is 0. The largest absolute Gasteiger partial charge is 0.493 e. The maximum Gasteiger partial charge on any atom is 0.253 e. The summed E-state index contributed by atoms with van der Waals surface area (Å²) in [6, 6.07) is 11.6. The SMILES string of the molecule is Cc1cc(C(=O)NC2CCOc3ccc(Br)cc32)c(C)n1-c1cccnc1. The van der Waals surface area contributed by atoms with E-state index in [0.717, 1.165) is 39.3 Å². The van der Waals surface area contributed by atoms with Crippen LogP contribution in [0.3, 0.4) is 0 Å². The van der Waals surface area contributed by atoms with E-state index < -0.39 is 0 Å². The first-order valence-electron chi connectivity index (χ1n) is 8.87. The zero-order chi connectivity index (χ0) is 19.0. The molecule has 1 aliphatic heterocycles. The zero-order valence-corrected chi connectivity index (χ0v) is 16.8. The van der Waals surface area contributed by atoms with E-state index in [2.05, 4.69) is 30.8 Å². The molecule has 4 rings (SSSR count). The van der Waals surface area contributed by atoms with E-state index in [-0.39, 0.29) is 11.9 Å². The minimum Gasteiger partial charge on any atom is -0.493 e. The molecule has 3 aromatic rings. The smallest absolute Gasteiger partial charge is 0.253 e. The molecule has 6 heteroatoms. The number of hydrogen-bond donors (Lipinski definition) is 1. The van der Waals surface area contributed by atoms with Crippen molar-refractivity contribution in [3.63, 3.8) is 0 Å². The Morgan fingerprint density at radius 3 is 2.93 bits per heavy atom. The monoisotopic (exact) mass is 425 g/mol. The van der Waals surface area contributed by atoms with Gasteiger partial charge in [-0.25, -0.2) is 0 Å². The van der Waals surface area contributed by atoms with Gasteiger partial charge in [0.2, 0.25) is 0 Å². The van der Waals surface area contributed by atoms with E-state index in [1.165, 1.54) is 0 Å². The number of aryl methyl sites for hydroxylation is 1. The van der Waals surface area contributed by atoms with Crippen molar-refractivity contribution in [2.75, 3.05) is 6.61 Å². The molecule has 1 N–H and O–H groups in total. The molecule has 138 valence electrons. The maximum absolute atomic E-state index is 13.0. The van der Waals surface area contributed by atoms with E-state index in [4.69, 9.17) is 4.74 Å². The van der Waals surface area contributed by atoms with Crippen LogP contribution >= 0.6 is 15.9 Å². The molecular formula is C21H20BrN3O2. The molecule has 27 heavy (non-hydrogen) atoms. The fourth-order valence-electron chi connectivity index (χ4n) is 3.63. The molecule has 1 atom stereocenters. The summed E-state index contributed by atoms with van der Waals surface area (Å²) in [5.41, 5.74) is 4.54. The summed E-state index contributed by atoms with van der Waals surface area (Å²) in [6.07, 6.45) is 4.29. The zero-order valence-electron chi connectivity index (χ0n) is 15.2. The molecule has 1 aromatic carbocycles. The van der Waals surface area contributed by atoms with Crippen LogP contribution in [0.1, 0.15) is 39.8 Å². The van der Waals surface area contributed by atoms with Gasteiger partial charge in [-0.1, -0.05) is 15.9 Å². The lowest BCUT2D eigenvalue weighted by atomic mass is 10.00. The first kappa shape index (κ1) is 17.8. The topological polar surface area (TPSA) is 56.1 Å². The first-order valence-corrected chi connectivity index (χ1v) is 9.66. The van der Waals surface area contributed by atoms with Gasteiger partial charge in [-0.15, -0.1) is 0 Å². The van der Waals surface area contributed by atoms with Gasteiger partial charge in [0.1, 0.15) is 5.75 Å². The highest BCUT2D eigenvalue weighted by Gasteiger charge is 2.25. The summed E-state index contributed by atoms with van der Waals surface area (Å²) in [5, 5.41) is 3.18. The number of aromatic nitrogens is 2. The van der Waals surface area contributed by atoms with Crippen molar-refractivity contribution in [3.8, 4) is 11.4 Å². The second-order valence-electron chi connectivity index (χ2n) is 6.68. The minimum absolute atomic E-state index is 0.0693. The fourth-order valence-corrected chi connectivity index (χ4v) is 4.01. The highest BCUT2D eigenvalue weighted by Crippen LogP contribution is 2.34. The van der Waals surface area contributed by atoms with Gasteiger partial charge < -0.3 is 14.6 Å². The van der Waals surface area contributed by atoms with Crippen molar-refractivity contribution in [1.82, 2.24) is 14.9 Å². The van der Waals surface area contributed by atoms with Gasteiger partial charge in [-0.05, 0) is 50.2 Å². The number of carbonyl (C=O) groups is 1. The average Bonchev–Trinajstić information content (AvgIpc) is 2.97. The number of hydrogen-bond acceptors (Lipinski definition) is 3. The van der Waals surface area contributed by atoms with Crippen molar-refractivity contribution in [2.45, 2.75) is 26.3 Å². The Kier molecular flexibility index (Phi) is 4.74. The number of halogens is 1. The summed E-state index contributed by atoms with van der Waals surface area (Å²) in [5.74, 6) is 0.756. The van der Waals surface area contributed by atoms with Gasteiger partial charge >= 0.3 is 0 Å². The predicted octanol–water partition coefficient (Wildman–Crippen LogP) is 4.51. The van der Waals surface area contributed by atoms with E-state index >= 15 is 0 Å². The van der Waals surface area contributed by atoms with Crippen molar-refractivity contribution in [3.05, 3.63) is 75.8 Å². The number of carbonyl (C=O) groups excluding carboxylic acids is 1. The number of benzene rings is 1. The molecule has 2 aromatic heterocycles. The van der Waals surface area contributed by atoms with Crippen molar-refractivity contribution < 1.29 is 9.53 Å². The van der Waals surface area contributed by atoms with Crippen LogP contribution in [0.15, 0.2) is 53.3 Å². The minimum atomic E-state index is -0.0731. The van der Waals surface area contributed by atoms with Crippen LogP contribution in [0.25, 0.3) is 5.69 Å². The highest BCUT2D eigenvalue weighted by molar-refractivity contribution is 9.10. The third-order valence-corrected chi connectivity index (χ3v) is 5.39. The maximum atomic E-state index is 13.0. The van der Waals surface area contributed by atoms with Crippen LogP contribution in [-0.4, -0.2) is 22.1 Å². The van der Waals surface area contributed by atoms with Gasteiger partial charge in [0, 0.05) is 34.0 Å². The molecule has 1 unspecified atom stereocenters. The number of nitrogens with one attached hydrogen (secondary N) is 1. The summed E-state index contributed by atoms with van der Waals surface area (Å²) in [4.78, 5) is 17.2. The van der Waals surface area contributed by atoms with Crippen molar-refractivity contribution in [2.24, 2.45) is 0 Å². The highest BCUT2D eigenvalue weighted by atomic mass is 79.9. The van der Waals surface area contributed by atoms with Crippen LogP contribution in [0, 0.1) is 13.8 Å². The Bertz CT molecular complexity index is 998. The third kappa shape index (κ3) is 3.37. The van der Waals surface area contributed by atoms with Gasteiger partial charge in [0.15, 0.2) is 0 Å². The molecule has 0 aliphatic carbocycles. The van der Waals surface area contributed by atoms with Gasteiger partial charge in [0.25, 0.3) is 5.91 Å². The van der Waals surface area contributed by atoms with E-state index in [9.17, 15) is 4.79 Å². The Balaban J connectivity index is 1.63. The van der Waals surface area contributed by atoms with Crippen molar-refractivity contribution in [1.29, 1.82) is 0 Å². The molecule has 1 aliphatic rings. The molecule has 1 amide bonds. The first-order chi connectivity index (χ1) is 13.0. The number of pyridine rings is 1. The number of fused-ring (bicyclic) bond motifs is 1. The lowest BCUT2D eigenvalue weighted by molar-refractivity contribution is 0.0924. The lowest BCUT2D eigenvalue weighted by Gasteiger charge is -2.27. The molecule has 0 saturated heterocycles. The van der Waals surface area contributed by atoms with E-state index in [1.54, 1.807) is 12.4 Å². The molecule has 0 bridgehead atoms. The van der Waals surface area contributed by atoms with Gasteiger partial charge in [-0.3, -0.25) is 9.78 Å². The molecule has 0 saturated carbocycles. The summed E-state index contributed by atoms with van der Waals surface area (Å²) < 4.78 is 8.74. The molecule has 0 fully saturated rings. The predicted molar refractivity (Wildman–Crippen MR) is 107 cm³/mol. The normalized spacial score (nSPS) is 15.7. The van der Waals surface area contributed by atoms with Crippen molar-refractivity contribution >= 4 is 21.8 Å². The number of rotatable bonds is 3. The summed E-state index contributed by atoms with van der Waals surface area (Å²) in [6.45, 7) is 4.55. The Morgan fingerprint density at radius 1 is 1.30 bits per heavy atom. The Hall–Kier alpha value is -2.60. The third-order valence-electron chi connectivity index (χ3n) is 4.90. The number of ether oxygens (including phenoxy) is 1.